The fourth-order valence-corrected chi connectivity index (χ4v) is 2.11. The zero-order valence-corrected chi connectivity index (χ0v) is 11.2. The van der Waals surface area contributed by atoms with Crippen molar-refractivity contribution in [2.75, 3.05) is 31.6 Å². The molecule has 1 aliphatic rings. The van der Waals surface area contributed by atoms with Crippen molar-refractivity contribution in [1.29, 1.82) is 0 Å². The molecular formula is C13H22N4O. The highest BCUT2D eigenvalue weighted by molar-refractivity contribution is 5.35. The molecule has 0 aromatic carbocycles. The zero-order chi connectivity index (χ0) is 13.0. The van der Waals surface area contributed by atoms with E-state index in [-0.39, 0.29) is 5.56 Å². The van der Waals surface area contributed by atoms with Crippen LogP contribution < -0.4 is 15.8 Å². The second-order valence-electron chi connectivity index (χ2n) is 4.79. The molecule has 100 valence electrons. The minimum atomic E-state index is 0.0598. The van der Waals surface area contributed by atoms with Gasteiger partial charge in [0.2, 0.25) is 0 Å². The molecule has 2 rings (SSSR count). The number of aromatic nitrogens is 2. The van der Waals surface area contributed by atoms with Crippen molar-refractivity contribution in [2.45, 2.75) is 32.2 Å². The number of likely N-dealkylation sites (N-methyl/N-ethyl adjacent to an activating group) is 1. The predicted octanol–water partition coefficient (Wildman–Crippen LogP) is 1.01. The second-order valence-corrected chi connectivity index (χ2v) is 4.79. The Hall–Kier alpha value is -1.36. The topological polar surface area (TPSA) is 50.2 Å². The van der Waals surface area contributed by atoms with E-state index in [2.05, 4.69) is 22.1 Å². The van der Waals surface area contributed by atoms with E-state index in [1.54, 1.807) is 6.20 Å². The smallest absolute Gasteiger partial charge is 0.293 e. The summed E-state index contributed by atoms with van der Waals surface area (Å²) in [6, 6.07) is 0.409. The molecule has 1 saturated carbocycles. The van der Waals surface area contributed by atoms with Crippen LogP contribution in [-0.2, 0) is 0 Å². The van der Waals surface area contributed by atoms with E-state index in [0.717, 1.165) is 38.9 Å². The largest absolute Gasteiger partial charge is 0.351 e. The van der Waals surface area contributed by atoms with Crippen molar-refractivity contribution >= 4 is 5.82 Å². The van der Waals surface area contributed by atoms with E-state index in [9.17, 15) is 4.79 Å². The Kier molecular flexibility index (Phi) is 4.36. The molecule has 1 aromatic heterocycles. The summed E-state index contributed by atoms with van der Waals surface area (Å²) in [5, 5.41) is 3.12. The van der Waals surface area contributed by atoms with E-state index in [1.807, 2.05) is 17.8 Å². The molecule has 5 heteroatoms. The third-order valence-corrected chi connectivity index (χ3v) is 3.21. The molecule has 0 saturated heterocycles. The first-order chi connectivity index (χ1) is 8.77. The molecular weight excluding hydrogens is 228 g/mol. The quantitative estimate of drug-likeness (QED) is 0.785. The molecule has 18 heavy (non-hydrogen) atoms. The van der Waals surface area contributed by atoms with Crippen LogP contribution in [0.2, 0.25) is 0 Å². The van der Waals surface area contributed by atoms with Gasteiger partial charge in [-0.1, -0.05) is 6.92 Å². The van der Waals surface area contributed by atoms with Crippen LogP contribution in [-0.4, -0.2) is 36.2 Å². The van der Waals surface area contributed by atoms with Crippen LogP contribution in [0, 0.1) is 0 Å². The van der Waals surface area contributed by atoms with Crippen LogP contribution in [0.4, 0.5) is 5.82 Å². The lowest BCUT2D eigenvalue weighted by atomic mass is 10.4. The first-order valence-corrected chi connectivity index (χ1v) is 6.74. The highest BCUT2D eigenvalue weighted by Gasteiger charge is 2.26. The van der Waals surface area contributed by atoms with Crippen LogP contribution in [0.25, 0.3) is 0 Å². The third-order valence-electron chi connectivity index (χ3n) is 3.21. The van der Waals surface area contributed by atoms with Gasteiger partial charge in [0.25, 0.3) is 5.56 Å². The van der Waals surface area contributed by atoms with Crippen molar-refractivity contribution in [3.05, 3.63) is 22.7 Å². The van der Waals surface area contributed by atoms with Gasteiger partial charge in [0.1, 0.15) is 0 Å². The number of hydrogen-bond acceptors (Lipinski definition) is 4. The van der Waals surface area contributed by atoms with Crippen molar-refractivity contribution < 1.29 is 0 Å². The Morgan fingerprint density at radius 3 is 2.89 bits per heavy atom. The molecule has 1 aliphatic carbocycles. The van der Waals surface area contributed by atoms with Crippen LogP contribution in [0.5, 0.6) is 0 Å². The Balaban J connectivity index is 2.22. The summed E-state index contributed by atoms with van der Waals surface area (Å²) in [6.45, 7) is 4.67. The van der Waals surface area contributed by atoms with Gasteiger partial charge in [-0.2, -0.15) is 0 Å². The van der Waals surface area contributed by atoms with Crippen molar-refractivity contribution in [3.63, 3.8) is 0 Å². The Morgan fingerprint density at radius 1 is 1.50 bits per heavy atom. The van der Waals surface area contributed by atoms with Crippen LogP contribution >= 0.6 is 0 Å². The van der Waals surface area contributed by atoms with Crippen LogP contribution in [0.1, 0.15) is 32.2 Å². The first-order valence-electron chi connectivity index (χ1n) is 6.74. The number of nitrogens with one attached hydrogen (secondary N) is 1. The maximum Gasteiger partial charge on any atom is 0.293 e. The van der Waals surface area contributed by atoms with E-state index in [1.165, 1.54) is 0 Å². The minimum Gasteiger partial charge on any atom is -0.351 e. The molecule has 0 spiro atoms. The lowest BCUT2D eigenvalue weighted by Gasteiger charge is -2.22. The minimum absolute atomic E-state index is 0.0598. The van der Waals surface area contributed by atoms with Gasteiger partial charge >= 0.3 is 0 Å². The fourth-order valence-electron chi connectivity index (χ4n) is 2.11. The van der Waals surface area contributed by atoms with E-state index >= 15 is 0 Å². The van der Waals surface area contributed by atoms with Gasteiger partial charge in [-0.05, 0) is 26.3 Å². The van der Waals surface area contributed by atoms with Crippen LogP contribution in [0.15, 0.2) is 17.2 Å². The average molecular weight is 250 g/mol. The first kappa shape index (κ1) is 13.1. The number of anilines is 1. The molecule has 0 amide bonds. The van der Waals surface area contributed by atoms with Gasteiger partial charge in [-0.25, -0.2) is 4.98 Å². The molecule has 1 N–H and O–H groups in total. The zero-order valence-electron chi connectivity index (χ0n) is 11.2. The standard InChI is InChI=1S/C13H22N4O/c1-3-8-16(9-6-14-2)12-13(18)17(10-7-15-12)11-4-5-11/h7,10-11,14H,3-6,8-9H2,1-2H3. The van der Waals surface area contributed by atoms with E-state index < -0.39 is 0 Å². The van der Waals surface area contributed by atoms with E-state index in [0.29, 0.717) is 11.9 Å². The molecule has 1 aromatic rings. The SMILES string of the molecule is CCCN(CCNC)c1nccn(C2CC2)c1=O. The second kappa shape index (κ2) is 6.00. The Bertz CT molecular complexity index is 439. The van der Waals surface area contributed by atoms with Crippen molar-refractivity contribution in [2.24, 2.45) is 0 Å². The van der Waals surface area contributed by atoms with Gasteiger partial charge in [0.15, 0.2) is 5.82 Å². The van der Waals surface area contributed by atoms with E-state index in [4.69, 9.17) is 0 Å². The fraction of sp³-hybridized carbons (Fsp3) is 0.692. The summed E-state index contributed by atoms with van der Waals surface area (Å²) in [5.41, 5.74) is 0.0598. The van der Waals surface area contributed by atoms with Crippen LogP contribution in [0.3, 0.4) is 0 Å². The summed E-state index contributed by atoms with van der Waals surface area (Å²) < 4.78 is 1.84. The summed E-state index contributed by atoms with van der Waals surface area (Å²) in [6.07, 6.45) is 6.81. The Morgan fingerprint density at radius 2 is 2.28 bits per heavy atom. The normalized spacial score (nSPS) is 14.8. The number of rotatable bonds is 7. The van der Waals surface area contributed by atoms with Gasteiger partial charge < -0.3 is 14.8 Å². The average Bonchev–Trinajstić information content (AvgIpc) is 3.19. The summed E-state index contributed by atoms with van der Waals surface area (Å²) in [7, 11) is 1.92. The lowest BCUT2D eigenvalue weighted by molar-refractivity contribution is 0.663. The summed E-state index contributed by atoms with van der Waals surface area (Å²) in [5.74, 6) is 0.599. The molecule has 1 heterocycles. The van der Waals surface area contributed by atoms with Gasteiger partial charge in [-0.15, -0.1) is 0 Å². The lowest BCUT2D eigenvalue weighted by Crippen LogP contribution is -2.37. The van der Waals surface area contributed by atoms with Gasteiger partial charge in [0, 0.05) is 38.1 Å². The molecule has 0 aliphatic heterocycles. The summed E-state index contributed by atoms with van der Waals surface area (Å²) in [4.78, 5) is 18.7. The highest BCUT2D eigenvalue weighted by Crippen LogP contribution is 2.33. The highest BCUT2D eigenvalue weighted by atomic mass is 16.1. The summed E-state index contributed by atoms with van der Waals surface area (Å²) >= 11 is 0. The molecule has 0 radical (unpaired) electrons. The molecule has 0 unspecified atom stereocenters. The van der Waals surface area contributed by atoms with Gasteiger partial charge in [0.05, 0.1) is 0 Å². The predicted molar refractivity (Wildman–Crippen MR) is 73.2 cm³/mol. The van der Waals surface area contributed by atoms with Crippen molar-refractivity contribution in [3.8, 4) is 0 Å². The number of hydrogen-bond donors (Lipinski definition) is 1. The third kappa shape index (κ3) is 2.90. The molecule has 0 bridgehead atoms. The van der Waals surface area contributed by atoms with Crippen molar-refractivity contribution in [1.82, 2.24) is 14.9 Å². The van der Waals surface area contributed by atoms with Gasteiger partial charge in [-0.3, -0.25) is 4.79 Å². The monoisotopic (exact) mass is 250 g/mol. The molecule has 1 fully saturated rings. The Labute approximate surface area is 108 Å². The maximum atomic E-state index is 12.4. The molecule has 5 nitrogen and oxygen atoms in total. The molecule has 0 atom stereocenters. The maximum absolute atomic E-state index is 12.4. The number of nitrogens with zero attached hydrogens (tertiary/aromatic N) is 3.